The predicted molar refractivity (Wildman–Crippen MR) is 73.2 cm³/mol. The second kappa shape index (κ2) is 5.75. The summed E-state index contributed by atoms with van der Waals surface area (Å²) in [4.78, 5) is 0. The van der Waals surface area contributed by atoms with Crippen LogP contribution in [0.15, 0.2) is 24.3 Å². The SMILES string of the molecule is C#Cc1cccc(NC(C)CC(C)(C)OC)c1. The summed E-state index contributed by atoms with van der Waals surface area (Å²) in [6.07, 6.45) is 6.31. The summed E-state index contributed by atoms with van der Waals surface area (Å²) in [5.41, 5.74) is 1.84. The molecule has 0 aromatic heterocycles. The zero-order valence-electron chi connectivity index (χ0n) is 11.1. The molecule has 1 rings (SSSR count). The van der Waals surface area contributed by atoms with E-state index in [0.29, 0.717) is 6.04 Å². The smallest absolute Gasteiger partial charge is 0.0642 e. The lowest BCUT2D eigenvalue weighted by Gasteiger charge is -2.27. The molecule has 0 fully saturated rings. The first-order valence-corrected chi connectivity index (χ1v) is 5.85. The molecule has 0 heterocycles. The van der Waals surface area contributed by atoms with Crippen LogP contribution >= 0.6 is 0 Å². The van der Waals surface area contributed by atoms with Gasteiger partial charge in [-0.05, 0) is 45.4 Å². The van der Waals surface area contributed by atoms with Crippen molar-refractivity contribution >= 4 is 5.69 Å². The number of anilines is 1. The summed E-state index contributed by atoms with van der Waals surface area (Å²) in [5.74, 6) is 2.64. The van der Waals surface area contributed by atoms with E-state index in [2.05, 4.69) is 32.0 Å². The van der Waals surface area contributed by atoms with Gasteiger partial charge in [0.05, 0.1) is 5.60 Å². The van der Waals surface area contributed by atoms with Crippen LogP contribution in [0.25, 0.3) is 0 Å². The monoisotopic (exact) mass is 231 g/mol. The summed E-state index contributed by atoms with van der Waals surface area (Å²) in [7, 11) is 1.74. The highest BCUT2D eigenvalue weighted by atomic mass is 16.5. The van der Waals surface area contributed by atoms with E-state index in [-0.39, 0.29) is 5.60 Å². The lowest BCUT2D eigenvalue weighted by Crippen LogP contribution is -2.31. The molecule has 1 aromatic rings. The minimum Gasteiger partial charge on any atom is -0.382 e. The van der Waals surface area contributed by atoms with E-state index >= 15 is 0 Å². The van der Waals surface area contributed by atoms with Gasteiger partial charge < -0.3 is 10.1 Å². The van der Waals surface area contributed by atoms with E-state index in [4.69, 9.17) is 11.2 Å². The molecule has 0 bridgehead atoms. The Morgan fingerprint density at radius 2 is 2.18 bits per heavy atom. The van der Waals surface area contributed by atoms with Gasteiger partial charge in [0, 0.05) is 24.4 Å². The number of rotatable bonds is 5. The highest BCUT2D eigenvalue weighted by molar-refractivity contribution is 5.50. The number of methoxy groups -OCH3 is 1. The molecule has 0 radical (unpaired) electrons. The minimum absolute atomic E-state index is 0.115. The van der Waals surface area contributed by atoms with Gasteiger partial charge in [0.2, 0.25) is 0 Å². The minimum atomic E-state index is -0.115. The summed E-state index contributed by atoms with van der Waals surface area (Å²) >= 11 is 0. The molecule has 0 saturated heterocycles. The zero-order chi connectivity index (χ0) is 12.9. The summed E-state index contributed by atoms with van der Waals surface area (Å²) in [5, 5.41) is 3.43. The number of nitrogens with one attached hydrogen (secondary N) is 1. The van der Waals surface area contributed by atoms with E-state index in [1.807, 2.05) is 24.3 Å². The van der Waals surface area contributed by atoms with Gasteiger partial charge in [-0.15, -0.1) is 6.42 Å². The fourth-order valence-electron chi connectivity index (χ4n) is 1.86. The van der Waals surface area contributed by atoms with Crippen molar-refractivity contribution < 1.29 is 4.74 Å². The van der Waals surface area contributed by atoms with Crippen LogP contribution in [0.3, 0.4) is 0 Å². The van der Waals surface area contributed by atoms with Crippen molar-refractivity contribution in [1.29, 1.82) is 0 Å². The summed E-state index contributed by atoms with van der Waals surface area (Å²) < 4.78 is 5.42. The molecule has 0 aliphatic carbocycles. The number of terminal acetylenes is 1. The molecule has 1 unspecified atom stereocenters. The second-order valence-corrected chi connectivity index (χ2v) is 4.94. The van der Waals surface area contributed by atoms with Gasteiger partial charge in [0.1, 0.15) is 0 Å². The molecule has 1 atom stereocenters. The first-order valence-electron chi connectivity index (χ1n) is 5.85. The van der Waals surface area contributed by atoms with Crippen molar-refractivity contribution in [3.8, 4) is 12.3 Å². The molecular formula is C15H21NO. The van der Waals surface area contributed by atoms with Crippen LogP contribution in [0, 0.1) is 12.3 Å². The lowest BCUT2D eigenvalue weighted by molar-refractivity contribution is 0.0128. The maximum absolute atomic E-state index is 5.42. The van der Waals surface area contributed by atoms with Crippen molar-refractivity contribution in [1.82, 2.24) is 0 Å². The molecule has 17 heavy (non-hydrogen) atoms. The van der Waals surface area contributed by atoms with E-state index in [1.165, 1.54) is 0 Å². The lowest BCUT2D eigenvalue weighted by atomic mass is 9.99. The van der Waals surface area contributed by atoms with Crippen molar-refractivity contribution in [2.24, 2.45) is 0 Å². The average molecular weight is 231 g/mol. The highest BCUT2D eigenvalue weighted by Crippen LogP contribution is 2.19. The van der Waals surface area contributed by atoms with Crippen LogP contribution in [0.2, 0.25) is 0 Å². The zero-order valence-corrected chi connectivity index (χ0v) is 11.1. The van der Waals surface area contributed by atoms with Crippen molar-refractivity contribution in [2.75, 3.05) is 12.4 Å². The molecule has 2 heteroatoms. The van der Waals surface area contributed by atoms with Crippen molar-refractivity contribution in [3.05, 3.63) is 29.8 Å². The molecule has 1 N–H and O–H groups in total. The molecule has 92 valence electrons. The van der Waals surface area contributed by atoms with E-state index < -0.39 is 0 Å². The first-order chi connectivity index (χ1) is 7.96. The normalized spacial score (nSPS) is 12.9. The van der Waals surface area contributed by atoms with Crippen LogP contribution in [0.5, 0.6) is 0 Å². The standard InChI is InChI=1S/C15H21NO/c1-6-13-8-7-9-14(10-13)16-12(2)11-15(3,4)17-5/h1,7-10,12,16H,11H2,2-5H3. The van der Waals surface area contributed by atoms with Gasteiger partial charge in [-0.1, -0.05) is 12.0 Å². The highest BCUT2D eigenvalue weighted by Gasteiger charge is 2.19. The Labute approximate surface area is 104 Å². The Hall–Kier alpha value is -1.46. The molecule has 0 aliphatic rings. The molecule has 0 saturated carbocycles. The number of hydrogen-bond acceptors (Lipinski definition) is 2. The van der Waals surface area contributed by atoms with Crippen LogP contribution in [0.4, 0.5) is 5.69 Å². The molecule has 0 amide bonds. The Kier molecular flexibility index (Phi) is 4.60. The second-order valence-electron chi connectivity index (χ2n) is 4.94. The van der Waals surface area contributed by atoms with Crippen molar-refractivity contribution in [2.45, 2.75) is 38.8 Å². The predicted octanol–water partition coefficient (Wildman–Crippen LogP) is 3.28. The summed E-state index contributed by atoms with van der Waals surface area (Å²) in [6, 6.07) is 8.23. The van der Waals surface area contributed by atoms with Crippen LogP contribution in [-0.4, -0.2) is 18.8 Å². The summed E-state index contributed by atoms with van der Waals surface area (Å²) in [6.45, 7) is 6.31. The fourth-order valence-corrected chi connectivity index (χ4v) is 1.86. The van der Waals surface area contributed by atoms with Gasteiger partial charge in [-0.2, -0.15) is 0 Å². The molecule has 0 aliphatic heterocycles. The van der Waals surface area contributed by atoms with Crippen molar-refractivity contribution in [3.63, 3.8) is 0 Å². The maximum Gasteiger partial charge on any atom is 0.0642 e. The van der Waals surface area contributed by atoms with E-state index in [0.717, 1.165) is 17.7 Å². The fraction of sp³-hybridized carbons (Fsp3) is 0.467. The Bertz CT molecular complexity index is 404. The Morgan fingerprint density at radius 1 is 1.47 bits per heavy atom. The number of hydrogen-bond donors (Lipinski definition) is 1. The van der Waals surface area contributed by atoms with E-state index in [9.17, 15) is 0 Å². The van der Waals surface area contributed by atoms with Crippen LogP contribution < -0.4 is 5.32 Å². The third-order valence-corrected chi connectivity index (χ3v) is 2.79. The van der Waals surface area contributed by atoms with Gasteiger partial charge >= 0.3 is 0 Å². The largest absolute Gasteiger partial charge is 0.382 e. The average Bonchev–Trinajstić information content (AvgIpc) is 2.28. The Morgan fingerprint density at radius 3 is 2.76 bits per heavy atom. The Balaban J connectivity index is 2.62. The molecular weight excluding hydrogens is 210 g/mol. The molecule has 1 aromatic carbocycles. The van der Waals surface area contributed by atoms with E-state index in [1.54, 1.807) is 7.11 Å². The molecule has 0 spiro atoms. The number of ether oxygens (including phenoxy) is 1. The van der Waals surface area contributed by atoms with Gasteiger partial charge in [0.15, 0.2) is 0 Å². The number of benzene rings is 1. The third-order valence-electron chi connectivity index (χ3n) is 2.79. The van der Waals surface area contributed by atoms with Gasteiger partial charge in [0.25, 0.3) is 0 Å². The van der Waals surface area contributed by atoms with Crippen LogP contribution in [-0.2, 0) is 4.74 Å². The van der Waals surface area contributed by atoms with Gasteiger partial charge in [-0.3, -0.25) is 0 Å². The van der Waals surface area contributed by atoms with Gasteiger partial charge in [-0.25, -0.2) is 0 Å². The first kappa shape index (κ1) is 13.6. The molecule has 2 nitrogen and oxygen atoms in total. The topological polar surface area (TPSA) is 21.3 Å². The third kappa shape index (κ3) is 4.50. The maximum atomic E-state index is 5.42. The quantitative estimate of drug-likeness (QED) is 0.785. The van der Waals surface area contributed by atoms with Crippen LogP contribution in [0.1, 0.15) is 32.8 Å².